The molecular weight excluding hydrogens is 188 g/mol. The molecule has 15 heavy (non-hydrogen) atoms. The average Bonchev–Trinajstić information content (AvgIpc) is 2.29. The Bertz CT molecular complexity index is 326. The van der Waals surface area contributed by atoms with Gasteiger partial charge in [0.05, 0.1) is 5.69 Å². The van der Waals surface area contributed by atoms with E-state index in [9.17, 15) is 0 Å². The lowest BCUT2D eigenvalue weighted by atomic mass is 9.95. The summed E-state index contributed by atoms with van der Waals surface area (Å²) >= 11 is 0. The molecule has 0 bridgehead atoms. The number of likely N-dealkylation sites (tertiary alicyclic amines) is 1. The summed E-state index contributed by atoms with van der Waals surface area (Å²) in [6.07, 6.45) is 5.99. The van der Waals surface area contributed by atoms with Gasteiger partial charge in [-0.05, 0) is 26.4 Å². The van der Waals surface area contributed by atoms with Crippen LogP contribution in [0, 0.1) is 0 Å². The molecule has 2 rings (SSSR count). The number of piperidine rings is 1. The fourth-order valence-corrected chi connectivity index (χ4v) is 2.23. The first-order valence-corrected chi connectivity index (χ1v) is 5.48. The third-order valence-corrected chi connectivity index (χ3v) is 2.97. The van der Waals surface area contributed by atoms with Gasteiger partial charge in [-0.15, -0.1) is 0 Å². The minimum Gasteiger partial charge on any atom is -0.372 e. The number of nitrogens with one attached hydrogen (secondary N) is 1. The van der Waals surface area contributed by atoms with E-state index in [1.807, 2.05) is 7.05 Å². The van der Waals surface area contributed by atoms with Crippen molar-refractivity contribution >= 4 is 5.82 Å². The van der Waals surface area contributed by atoms with Gasteiger partial charge >= 0.3 is 0 Å². The van der Waals surface area contributed by atoms with Crippen LogP contribution in [0.2, 0.25) is 0 Å². The minimum absolute atomic E-state index is 0.528. The van der Waals surface area contributed by atoms with Gasteiger partial charge in [-0.2, -0.15) is 0 Å². The van der Waals surface area contributed by atoms with Crippen molar-refractivity contribution in [1.82, 2.24) is 14.9 Å². The highest BCUT2D eigenvalue weighted by Crippen LogP contribution is 2.28. The molecule has 1 aliphatic heterocycles. The smallest absolute Gasteiger partial charge is 0.147 e. The van der Waals surface area contributed by atoms with Gasteiger partial charge in [0.2, 0.25) is 0 Å². The van der Waals surface area contributed by atoms with Crippen LogP contribution >= 0.6 is 0 Å². The number of nitrogens with zero attached hydrogens (tertiary/aromatic N) is 3. The van der Waals surface area contributed by atoms with E-state index < -0.39 is 0 Å². The van der Waals surface area contributed by atoms with E-state index in [1.54, 1.807) is 12.4 Å². The molecule has 1 N–H and O–H groups in total. The monoisotopic (exact) mass is 206 g/mol. The molecule has 4 heteroatoms. The van der Waals surface area contributed by atoms with Crippen LogP contribution in [0.25, 0.3) is 0 Å². The van der Waals surface area contributed by atoms with Crippen molar-refractivity contribution in [3.63, 3.8) is 0 Å². The molecule has 1 fully saturated rings. The Morgan fingerprint density at radius 1 is 1.40 bits per heavy atom. The normalized spacial score (nSPS) is 22.7. The second-order valence-electron chi connectivity index (χ2n) is 4.14. The molecule has 1 aromatic rings. The summed E-state index contributed by atoms with van der Waals surface area (Å²) in [7, 11) is 4.07. The quantitative estimate of drug-likeness (QED) is 0.792. The zero-order chi connectivity index (χ0) is 10.7. The lowest BCUT2D eigenvalue weighted by Crippen LogP contribution is -2.31. The molecule has 82 valence electrons. The summed E-state index contributed by atoms with van der Waals surface area (Å²) in [6, 6.07) is 0. The van der Waals surface area contributed by atoms with Gasteiger partial charge in [0.1, 0.15) is 5.82 Å². The number of aromatic nitrogens is 2. The maximum atomic E-state index is 4.46. The number of hydrogen-bond acceptors (Lipinski definition) is 4. The summed E-state index contributed by atoms with van der Waals surface area (Å²) in [5.74, 6) is 1.46. The summed E-state index contributed by atoms with van der Waals surface area (Å²) in [5, 5.41) is 3.12. The van der Waals surface area contributed by atoms with Gasteiger partial charge in [0, 0.05) is 31.9 Å². The number of hydrogen-bond donors (Lipinski definition) is 1. The molecule has 0 amide bonds. The molecule has 0 aromatic carbocycles. The van der Waals surface area contributed by atoms with E-state index in [0.717, 1.165) is 18.1 Å². The molecular formula is C11H18N4. The van der Waals surface area contributed by atoms with E-state index in [1.165, 1.54) is 19.4 Å². The van der Waals surface area contributed by atoms with Crippen molar-refractivity contribution < 1.29 is 0 Å². The minimum atomic E-state index is 0.528. The Labute approximate surface area is 90.7 Å². The van der Waals surface area contributed by atoms with E-state index in [-0.39, 0.29) is 0 Å². The lowest BCUT2D eigenvalue weighted by molar-refractivity contribution is 0.248. The Balaban J connectivity index is 2.20. The van der Waals surface area contributed by atoms with E-state index in [4.69, 9.17) is 0 Å². The predicted octanol–water partition coefficient (Wildman–Crippen LogP) is 1.33. The SMILES string of the molecule is CNc1nccnc1[C@@H]1CCCN(C)C1. The van der Waals surface area contributed by atoms with Crippen LogP contribution in [0.4, 0.5) is 5.82 Å². The third-order valence-electron chi connectivity index (χ3n) is 2.97. The summed E-state index contributed by atoms with van der Waals surface area (Å²) < 4.78 is 0. The third kappa shape index (κ3) is 2.26. The van der Waals surface area contributed by atoms with Crippen LogP contribution in [0.1, 0.15) is 24.5 Å². The van der Waals surface area contributed by atoms with Gasteiger partial charge in [-0.3, -0.25) is 4.98 Å². The Morgan fingerprint density at radius 3 is 2.93 bits per heavy atom. The fraction of sp³-hybridized carbons (Fsp3) is 0.636. The Hall–Kier alpha value is -1.16. The van der Waals surface area contributed by atoms with Crippen molar-refractivity contribution in [2.24, 2.45) is 0 Å². The van der Waals surface area contributed by atoms with Crippen LogP contribution in [0.3, 0.4) is 0 Å². The highest BCUT2D eigenvalue weighted by molar-refractivity contribution is 5.41. The van der Waals surface area contributed by atoms with Crippen LogP contribution in [-0.4, -0.2) is 42.1 Å². The molecule has 0 unspecified atom stereocenters. The average molecular weight is 206 g/mol. The van der Waals surface area contributed by atoms with Gasteiger partial charge in [0.25, 0.3) is 0 Å². The number of rotatable bonds is 2. The van der Waals surface area contributed by atoms with Gasteiger partial charge < -0.3 is 10.2 Å². The maximum absolute atomic E-state index is 4.46. The Kier molecular flexibility index (Phi) is 3.16. The van der Waals surface area contributed by atoms with Crippen molar-refractivity contribution in [3.05, 3.63) is 18.1 Å². The van der Waals surface area contributed by atoms with Crippen molar-refractivity contribution in [1.29, 1.82) is 0 Å². The van der Waals surface area contributed by atoms with Crippen LogP contribution in [0.15, 0.2) is 12.4 Å². The van der Waals surface area contributed by atoms with Crippen LogP contribution < -0.4 is 5.32 Å². The first-order chi connectivity index (χ1) is 7.31. The molecule has 1 atom stereocenters. The summed E-state index contributed by atoms with van der Waals surface area (Å²) in [4.78, 5) is 11.1. The number of likely N-dealkylation sites (N-methyl/N-ethyl adjacent to an activating group) is 1. The van der Waals surface area contributed by atoms with E-state index in [0.29, 0.717) is 5.92 Å². The van der Waals surface area contributed by atoms with Crippen LogP contribution in [0.5, 0.6) is 0 Å². The van der Waals surface area contributed by atoms with Gasteiger partial charge in [-0.1, -0.05) is 0 Å². The second kappa shape index (κ2) is 4.57. The molecule has 1 aliphatic rings. The molecule has 1 aromatic heterocycles. The first-order valence-electron chi connectivity index (χ1n) is 5.48. The van der Waals surface area contributed by atoms with Crippen molar-refractivity contribution in [2.45, 2.75) is 18.8 Å². The molecule has 0 saturated carbocycles. The molecule has 0 radical (unpaired) electrons. The molecule has 2 heterocycles. The molecule has 0 aliphatic carbocycles. The highest BCUT2D eigenvalue weighted by atomic mass is 15.1. The summed E-state index contributed by atoms with van der Waals surface area (Å²) in [5.41, 5.74) is 1.12. The predicted molar refractivity (Wildman–Crippen MR) is 61.1 cm³/mol. The lowest BCUT2D eigenvalue weighted by Gasteiger charge is -2.29. The topological polar surface area (TPSA) is 41.1 Å². The maximum Gasteiger partial charge on any atom is 0.147 e. The van der Waals surface area contributed by atoms with Crippen molar-refractivity contribution in [3.8, 4) is 0 Å². The number of anilines is 1. The van der Waals surface area contributed by atoms with Gasteiger partial charge in [0.15, 0.2) is 0 Å². The second-order valence-corrected chi connectivity index (χ2v) is 4.14. The Morgan fingerprint density at radius 2 is 2.20 bits per heavy atom. The summed E-state index contributed by atoms with van der Waals surface area (Å²) in [6.45, 7) is 2.29. The highest BCUT2D eigenvalue weighted by Gasteiger charge is 2.22. The zero-order valence-corrected chi connectivity index (χ0v) is 9.40. The zero-order valence-electron chi connectivity index (χ0n) is 9.40. The fourth-order valence-electron chi connectivity index (χ4n) is 2.23. The first kappa shape index (κ1) is 10.4. The van der Waals surface area contributed by atoms with E-state index >= 15 is 0 Å². The van der Waals surface area contributed by atoms with E-state index in [2.05, 4.69) is 27.2 Å². The van der Waals surface area contributed by atoms with Crippen molar-refractivity contribution in [2.75, 3.05) is 32.5 Å². The molecule has 4 nitrogen and oxygen atoms in total. The van der Waals surface area contributed by atoms with Gasteiger partial charge in [-0.25, -0.2) is 4.98 Å². The standard InChI is InChI=1S/C11H18N4/c1-12-11-10(13-5-6-14-11)9-4-3-7-15(2)8-9/h5-6,9H,3-4,7-8H2,1-2H3,(H,12,14)/t9-/m1/s1. The largest absolute Gasteiger partial charge is 0.372 e. The van der Waals surface area contributed by atoms with Crippen LogP contribution in [-0.2, 0) is 0 Å². The molecule has 0 spiro atoms. The molecule has 1 saturated heterocycles.